The Hall–Kier alpha value is -1.35. The summed E-state index contributed by atoms with van der Waals surface area (Å²) >= 11 is 0. The first-order valence-corrected chi connectivity index (χ1v) is 5.69. The second-order valence-electron chi connectivity index (χ2n) is 4.46. The zero-order valence-corrected chi connectivity index (χ0v) is 9.52. The number of aliphatic carboxylic acids is 1. The van der Waals surface area contributed by atoms with E-state index in [4.69, 9.17) is 5.11 Å². The van der Waals surface area contributed by atoms with E-state index in [1.807, 2.05) is 6.07 Å². The van der Waals surface area contributed by atoms with Crippen molar-refractivity contribution < 1.29 is 9.90 Å². The Morgan fingerprint density at radius 2 is 2.38 bits per heavy atom. The lowest BCUT2D eigenvalue weighted by atomic mass is 10.1. The second-order valence-corrected chi connectivity index (χ2v) is 4.46. The topological polar surface area (TPSA) is 40.5 Å². The highest BCUT2D eigenvalue weighted by Crippen LogP contribution is 2.20. The first kappa shape index (κ1) is 11.1. The van der Waals surface area contributed by atoms with E-state index in [0.29, 0.717) is 0 Å². The lowest BCUT2D eigenvalue weighted by Gasteiger charge is -2.21. The minimum atomic E-state index is -0.690. The SMILES string of the molecule is Cc1cccc(CN2CCC[C@@H]2C(=O)O)c1. The summed E-state index contributed by atoms with van der Waals surface area (Å²) in [6, 6.07) is 7.97. The molecular formula is C13H17NO2. The summed E-state index contributed by atoms with van der Waals surface area (Å²) in [6.45, 7) is 3.70. The fraction of sp³-hybridized carbons (Fsp3) is 0.462. The quantitative estimate of drug-likeness (QED) is 0.845. The molecular weight excluding hydrogens is 202 g/mol. The molecule has 16 heavy (non-hydrogen) atoms. The van der Waals surface area contributed by atoms with E-state index in [-0.39, 0.29) is 6.04 Å². The van der Waals surface area contributed by atoms with Crippen molar-refractivity contribution in [1.82, 2.24) is 4.90 Å². The van der Waals surface area contributed by atoms with E-state index >= 15 is 0 Å². The summed E-state index contributed by atoms with van der Waals surface area (Å²) in [7, 11) is 0. The Balaban J connectivity index is 2.06. The normalized spacial score (nSPS) is 21.2. The van der Waals surface area contributed by atoms with Crippen molar-refractivity contribution in [2.24, 2.45) is 0 Å². The van der Waals surface area contributed by atoms with Crippen LogP contribution in [0.2, 0.25) is 0 Å². The number of benzene rings is 1. The molecule has 1 aliphatic rings. The molecule has 3 nitrogen and oxygen atoms in total. The second kappa shape index (κ2) is 4.66. The summed E-state index contributed by atoms with van der Waals surface area (Å²) < 4.78 is 0. The Morgan fingerprint density at radius 1 is 1.56 bits per heavy atom. The summed E-state index contributed by atoms with van der Waals surface area (Å²) in [5.74, 6) is -0.690. The zero-order chi connectivity index (χ0) is 11.5. The molecule has 1 fully saturated rings. The summed E-state index contributed by atoms with van der Waals surface area (Å²) in [4.78, 5) is 13.1. The highest BCUT2D eigenvalue weighted by atomic mass is 16.4. The van der Waals surface area contributed by atoms with Crippen molar-refractivity contribution in [3.8, 4) is 0 Å². The molecule has 0 spiro atoms. The molecule has 1 aromatic rings. The molecule has 0 unspecified atom stereocenters. The highest BCUT2D eigenvalue weighted by Gasteiger charge is 2.30. The summed E-state index contributed by atoms with van der Waals surface area (Å²) in [5.41, 5.74) is 2.43. The van der Waals surface area contributed by atoms with E-state index in [0.717, 1.165) is 25.9 Å². The summed E-state index contributed by atoms with van der Waals surface area (Å²) in [5, 5.41) is 9.07. The summed E-state index contributed by atoms with van der Waals surface area (Å²) in [6.07, 6.45) is 1.77. The van der Waals surface area contributed by atoms with Gasteiger partial charge in [-0.25, -0.2) is 0 Å². The van der Waals surface area contributed by atoms with E-state index in [9.17, 15) is 4.79 Å². The van der Waals surface area contributed by atoms with Gasteiger partial charge >= 0.3 is 5.97 Å². The molecule has 86 valence electrons. The van der Waals surface area contributed by atoms with Crippen molar-refractivity contribution in [2.45, 2.75) is 32.4 Å². The first-order chi connectivity index (χ1) is 7.66. The highest BCUT2D eigenvalue weighted by molar-refractivity contribution is 5.73. The Morgan fingerprint density at radius 3 is 3.06 bits per heavy atom. The van der Waals surface area contributed by atoms with Gasteiger partial charge in [-0.05, 0) is 31.9 Å². The number of carboxylic acid groups (broad SMARTS) is 1. The van der Waals surface area contributed by atoms with Gasteiger partial charge in [-0.2, -0.15) is 0 Å². The standard InChI is InChI=1S/C13H17NO2/c1-10-4-2-5-11(8-10)9-14-7-3-6-12(14)13(15)16/h2,4-5,8,12H,3,6-7,9H2,1H3,(H,15,16)/t12-/m1/s1. The molecule has 2 rings (SSSR count). The van der Waals surface area contributed by atoms with Crippen molar-refractivity contribution in [2.75, 3.05) is 6.54 Å². The van der Waals surface area contributed by atoms with Crippen LogP contribution in [0.1, 0.15) is 24.0 Å². The molecule has 1 heterocycles. The van der Waals surface area contributed by atoms with Gasteiger partial charge in [0.1, 0.15) is 6.04 Å². The molecule has 0 saturated carbocycles. The molecule has 0 aromatic heterocycles. The van der Waals surface area contributed by atoms with Gasteiger partial charge in [0.25, 0.3) is 0 Å². The molecule has 0 radical (unpaired) electrons. The first-order valence-electron chi connectivity index (χ1n) is 5.69. The molecule has 1 saturated heterocycles. The van der Waals surface area contributed by atoms with Gasteiger partial charge in [0, 0.05) is 6.54 Å². The predicted octanol–water partition coefficient (Wildman–Crippen LogP) is 2.04. The zero-order valence-electron chi connectivity index (χ0n) is 9.52. The van der Waals surface area contributed by atoms with Gasteiger partial charge in [0.05, 0.1) is 0 Å². The number of carboxylic acids is 1. The van der Waals surface area contributed by atoms with Crippen molar-refractivity contribution in [1.29, 1.82) is 0 Å². The largest absolute Gasteiger partial charge is 0.480 e. The molecule has 0 aliphatic carbocycles. The van der Waals surface area contributed by atoms with Crippen LogP contribution >= 0.6 is 0 Å². The maximum absolute atomic E-state index is 11.0. The van der Waals surface area contributed by atoms with Crippen LogP contribution in [0.5, 0.6) is 0 Å². The van der Waals surface area contributed by atoms with Crippen LogP contribution in [0.25, 0.3) is 0 Å². The molecule has 1 aliphatic heterocycles. The maximum atomic E-state index is 11.0. The Bertz CT molecular complexity index is 389. The van der Waals surface area contributed by atoms with E-state index in [1.54, 1.807) is 0 Å². The fourth-order valence-electron chi connectivity index (χ4n) is 2.34. The van der Waals surface area contributed by atoms with Crippen LogP contribution in [-0.4, -0.2) is 28.6 Å². The van der Waals surface area contributed by atoms with Crippen LogP contribution in [0.4, 0.5) is 0 Å². The van der Waals surface area contributed by atoms with Crippen LogP contribution in [0.15, 0.2) is 24.3 Å². The van der Waals surface area contributed by atoms with Gasteiger partial charge in [-0.1, -0.05) is 29.8 Å². The average molecular weight is 219 g/mol. The Labute approximate surface area is 95.7 Å². The van der Waals surface area contributed by atoms with Crippen LogP contribution in [0, 0.1) is 6.92 Å². The minimum Gasteiger partial charge on any atom is -0.480 e. The lowest BCUT2D eigenvalue weighted by molar-refractivity contribution is -0.142. The van der Waals surface area contributed by atoms with E-state index < -0.39 is 5.97 Å². The average Bonchev–Trinajstić information content (AvgIpc) is 2.66. The molecule has 1 aromatic carbocycles. The number of rotatable bonds is 3. The number of hydrogen-bond donors (Lipinski definition) is 1. The van der Waals surface area contributed by atoms with E-state index in [1.165, 1.54) is 11.1 Å². The van der Waals surface area contributed by atoms with Gasteiger partial charge in [0.2, 0.25) is 0 Å². The van der Waals surface area contributed by atoms with Crippen LogP contribution in [-0.2, 0) is 11.3 Å². The third kappa shape index (κ3) is 2.42. The van der Waals surface area contributed by atoms with Gasteiger partial charge in [0.15, 0.2) is 0 Å². The van der Waals surface area contributed by atoms with Gasteiger partial charge < -0.3 is 5.11 Å². The molecule has 0 bridgehead atoms. The molecule has 0 amide bonds. The third-order valence-electron chi connectivity index (χ3n) is 3.12. The number of aryl methyl sites for hydroxylation is 1. The molecule has 3 heteroatoms. The number of likely N-dealkylation sites (tertiary alicyclic amines) is 1. The fourth-order valence-corrected chi connectivity index (χ4v) is 2.34. The monoisotopic (exact) mass is 219 g/mol. The van der Waals surface area contributed by atoms with E-state index in [2.05, 4.69) is 30.0 Å². The van der Waals surface area contributed by atoms with Crippen molar-refractivity contribution in [3.05, 3.63) is 35.4 Å². The van der Waals surface area contributed by atoms with Crippen LogP contribution < -0.4 is 0 Å². The minimum absolute atomic E-state index is 0.291. The van der Waals surface area contributed by atoms with Crippen molar-refractivity contribution in [3.63, 3.8) is 0 Å². The lowest BCUT2D eigenvalue weighted by Crippen LogP contribution is -2.35. The number of carbonyl (C=O) groups is 1. The number of hydrogen-bond acceptors (Lipinski definition) is 2. The maximum Gasteiger partial charge on any atom is 0.320 e. The molecule has 1 N–H and O–H groups in total. The van der Waals surface area contributed by atoms with Gasteiger partial charge in [-0.3, -0.25) is 9.69 Å². The predicted molar refractivity (Wildman–Crippen MR) is 62.2 cm³/mol. The smallest absolute Gasteiger partial charge is 0.320 e. The Kier molecular flexibility index (Phi) is 3.25. The van der Waals surface area contributed by atoms with Crippen LogP contribution in [0.3, 0.4) is 0 Å². The number of nitrogens with zero attached hydrogens (tertiary/aromatic N) is 1. The van der Waals surface area contributed by atoms with Gasteiger partial charge in [-0.15, -0.1) is 0 Å². The third-order valence-corrected chi connectivity index (χ3v) is 3.12. The molecule has 1 atom stereocenters. The van der Waals surface area contributed by atoms with Crippen molar-refractivity contribution >= 4 is 5.97 Å².